The van der Waals surface area contributed by atoms with Crippen molar-refractivity contribution >= 4 is 39.7 Å². The molecule has 1 atom stereocenters. The van der Waals surface area contributed by atoms with E-state index >= 15 is 0 Å². The molecule has 0 N–H and O–H groups in total. The lowest BCUT2D eigenvalue weighted by molar-refractivity contribution is 0.591. The van der Waals surface area contributed by atoms with Gasteiger partial charge in [0.05, 0.1) is 5.52 Å². The molecule has 4 heteroatoms. The lowest BCUT2D eigenvalue weighted by atomic mass is 9.80. The molecule has 9 rings (SSSR count). The van der Waals surface area contributed by atoms with Crippen LogP contribution in [-0.2, 0) is 18.3 Å². The van der Waals surface area contributed by atoms with Gasteiger partial charge in [0.15, 0.2) is 0 Å². The Labute approximate surface area is 232 Å². The van der Waals surface area contributed by atoms with Crippen LogP contribution >= 0.6 is 0 Å². The van der Waals surface area contributed by atoms with Gasteiger partial charge in [0, 0.05) is 88.2 Å². The molecule has 4 nitrogen and oxygen atoms in total. The number of nitrogens with zero attached hydrogens (tertiary/aromatic N) is 3. The van der Waals surface area contributed by atoms with Gasteiger partial charge in [-0.1, -0.05) is 50.0 Å². The zero-order chi connectivity index (χ0) is 26.6. The van der Waals surface area contributed by atoms with Crippen molar-refractivity contribution in [1.82, 2.24) is 9.55 Å². The van der Waals surface area contributed by atoms with E-state index in [0.717, 1.165) is 48.2 Å². The van der Waals surface area contributed by atoms with Crippen LogP contribution in [-0.4, -0.2) is 22.3 Å². The molecule has 0 radical (unpaired) electrons. The number of allylic oxidation sites excluding steroid dienone is 3. The third-order valence-electron chi connectivity index (χ3n) is 9.45. The molecule has 2 aromatic carbocycles. The van der Waals surface area contributed by atoms with Crippen LogP contribution in [0.15, 0.2) is 75.9 Å². The van der Waals surface area contributed by atoms with Gasteiger partial charge in [-0.2, -0.15) is 0 Å². The Hall–Kier alpha value is -4.62. The maximum Gasteiger partial charge on any atom is 0.135 e. The quantitative estimate of drug-likeness (QED) is 0.227. The number of rotatable bonds is 2. The van der Waals surface area contributed by atoms with Crippen molar-refractivity contribution in [3.63, 3.8) is 0 Å². The lowest BCUT2D eigenvalue weighted by Gasteiger charge is -2.23. The topological polar surface area (TPSA) is 43.3 Å². The fraction of sp³-hybridized carbons (Fsp3) is 0.222. The van der Waals surface area contributed by atoms with Crippen LogP contribution < -0.4 is 0 Å². The highest BCUT2D eigenvalue weighted by molar-refractivity contribution is 6.02. The molecule has 3 aromatic heterocycles. The summed E-state index contributed by atoms with van der Waals surface area (Å²) in [7, 11) is 0. The van der Waals surface area contributed by atoms with Crippen molar-refractivity contribution in [3.8, 4) is 17.5 Å². The first-order chi connectivity index (χ1) is 19.6. The average Bonchev–Trinajstić information content (AvgIpc) is 3.74. The first-order valence-corrected chi connectivity index (χ1v) is 14.2. The minimum atomic E-state index is 0.00315. The molecular weight excluding hydrogens is 490 g/mol. The van der Waals surface area contributed by atoms with E-state index in [0.29, 0.717) is 5.92 Å². The van der Waals surface area contributed by atoms with Gasteiger partial charge in [-0.05, 0) is 59.0 Å². The van der Waals surface area contributed by atoms with Gasteiger partial charge in [0.1, 0.15) is 11.3 Å². The van der Waals surface area contributed by atoms with Crippen molar-refractivity contribution in [2.45, 2.75) is 44.4 Å². The summed E-state index contributed by atoms with van der Waals surface area (Å²) in [6.07, 6.45) is 13.1. The molecule has 3 aliphatic carbocycles. The molecule has 0 saturated heterocycles. The minimum absolute atomic E-state index is 0.00315. The van der Waals surface area contributed by atoms with Crippen LogP contribution in [0, 0.1) is 11.8 Å². The molecule has 40 heavy (non-hydrogen) atoms. The van der Waals surface area contributed by atoms with Crippen molar-refractivity contribution in [3.05, 3.63) is 106 Å². The summed E-state index contributed by atoms with van der Waals surface area (Å²) >= 11 is 0. The molecule has 192 valence electrons. The molecule has 0 bridgehead atoms. The summed E-state index contributed by atoms with van der Waals surface area (Å²) < 4.78 is 8.75. The molecular formula is C36H27N3O. The van der Waals surface area contributed by atoms with E-state index in [1.54, 1.807) is 0 Å². The maximum absolute atomic E-state index is 6.35. The number of hydrogen-bond donors (Lipinski definition) is 0. The summed E-state index contributed by atoms with van der Waals surface area (Å²) in [5.74, 6) is 8.04. The fourth-order valence-corrected chi connectivity index (χ4v) is 7.45. The number of furan rings is 1. The molecule has 4 heterocycles. The molecule has 1 unspecified atom stereocenters. The van der Waals surface area contributed by atoms with E-state index in [1.807, 2.05) is 18.6 Å². The minimum Gasteiger partial charge on any atom is -0.456 e. The van der Waals surface area contributed by atoms with Gasteiger partial charge in [0.2, 0.25) is 0 Å². The summed E-state index contributed by atoms with van der Waals surface area (Å²) in [5, 5.41) is 2.36. The highest BCUT2D eigenvalue weighted by Gasteiger charge is 2.38. The largest absolute Gasteiger partial charge is 0.456 e. The number of aliphatic imine (C=N–C) groups is 1. The van der Waals surface area contributed by atoms with Crippen LogP contribution in [0.4, 0.5) is 0 Å². The van der Waals surface area contributed by atoms with E-state index in [9.17, 15) is 0 Å². The van der Waals surface area contributed by atoms with Gasteiger partial charge in [-0.3, -0.25) is 9.98 Å². The first kappa shape index (κ1) is 22.2. The predicted octanol–water partition coefficient (Wildman–Crippen LogP) is 7.55. The van der Waals surface area contributed by atoms with Crippen molar-refractivity contribution in [2.24, 2.45) is 4.99 Å². The van der Waals surface area contributed by atoms with Gasteiger partial charge >= 0.3 is 0 Å². The monoisotopic (exact) mass is 517 g/mol. The van der Waals surface area contributed by atoms with Gasteiger partial charge in [0.25, 0.3) is 0 Å². The Morgan fingerprint density at radius 2 is 2.02 bits per heavy atom. The molecule has 1 aliphatic heterocycles. The lowest BCUT2D eigenvalue weighted by Crippen LogP contribution is -2.16. The number of benzene rings is 2. The normalized spacial score (nSPS) is 19.5. The van der Waals surface area contributed by atoms with E-state index < -0.39 is 0 Å². The Morgan fingerprint density at radius 3 is 2.98 bits per heavy atom. The van der Waals surface area contributed by atoms with Crippen molar-refractivity contribution in [2.75, 3.05) is 6.54 Å². The zero-order valence-corrected chi connectivity index (χ0v) is 22.6. The van der Waals surface area contributed by atoms with Crippen LogP contribution in [0.2, 0.25) is 0 Å². The SMILES string of the molecule is CC1(C)C2=C(CC#C2)c2cc(C3C=Cc4oc5ccc(-n6c7c(c8cnccc86)C=NCC7)cc5c4C3)ccc21. The molecule has 0 spiro atoms. The third-order valence-corrected chi connectivity index (χ3v) is 9.45. The average molecular weight is 518 g/mol. The number of aromatic nitrogens is 2. The van der Waals surface area contributed by atoms with Gasteiger partial charge in [-0.15, -0.1) is 0 Å². The highest BCUT2D eigenvalue weighted by Crippen LogP contribution is 2.50. The second kappa shape index (κ2) is 7.73. The summed E-state index contributed by atoms with van der Waals surface area (Å²) in [5.41, 5.74) is 14.0. The molecule has 4 aliphatic rings. The molecule has 5 aromatic rings. The molecule has 0 fully saturated rings. The van der Waals surface area contributed by atoms with E-state index in [1.165, 1.54) is 55.6 Å². The number of hydrogen-bond acceptors (Lipinski definition) is 3. The maximum atomic E-state index is 6.35. The molecule has 0 saturated carbocycles. The Bertz CT molecular complexity index is 2100. The second-order valence-electron chi connectivity index (χ2n) is 11.9. The Morgan fingerprint density at radius 1 is 1.07 bits per heavy atom. The number of pyridine rings is 1. The zero-order valence-electron chi connectivity index (χ0n) is 22.6. The standard InChI is InChI=1S/C36H27N3O/c1-36(2)30-5-3-4-24(30)25-16-21(6-9-31(25)36)22-7-10-34-26(17-22)27-18-23(8-11-35(27)40-34)39-32-12-14-37-19-28(32)29-20-38-15-13-33(29)39/h6-12,14,16,18-20,22H,4,13,15,17H2,1-2H3. The number of fused-ring (bicyclic) bond motifs is 8. The van der Waals surface area contributed by atoms with E-state index in [4.69, 9.17) is 4.42 Å². The molecule has 0 amide bonds. The summed E-state index contributed by atoms with van der Waals surface area (Å²) in [6, 6.07) is 15.8. The van der Waals surface area contributed by atoms with E-state index in [-0.39, 0.29) is 5.41 Å². The van der Waals surface area contributed by atoms with Crippen LogP contribution in [0.25, 0.3) is 39.2 Å². The highest BCUT2D eigenvalue weighted by atomic mass is 16.3. The Kier molecular flexibility index (Phi) is 4.30. The summed E-state index contributed by atoms with van der Waals surface area (Å²) in [6.45, 7) is 5.43. The van der Waals surface area contributed by atoms with E-state index in [2.05, 4.69) is 94.8 Å². The van der Waals surface area contributed by atoms with Crippen LogP contribution in [0.1, 0.15) is 65.5 Å². The van der Waals surface area contributed by atoms with Crippen molar-refractivity contribution < 1.29 is 4.42 Å². The van der Waals surface area contributed by atoms with Crippen LogP contribution in [0.3, 0.4) is 0 Å². The predicted molar refractivity (Wildman–Crippen MR) is 161 cm³/mol. The van der Waals surface area contributed by atoms with Crippen molar-refractivity contribution in [1.29, 1.82) is 0 Å². The Balaban J connectivity index is 1.14. The van der Waals surface area contributed by atoms with Gasteiger partial charge < -0.3 is 8.98 Å². The van der Waals surface area contributed by atoms with Gasteiger partial charge in [-0.25, -0.2) is 0 Å². The van der Waals surface area contributed by atoms with Crippen LogP contribution in [0.5, 0.6) is 0 Å². The third kappa shape index (κ3) is 2.87. The second-order valence-corrected chi connectivity index (χ2v) is 11.9. The fourth-order valence-electron chi connectivity index (χ4n) is 7.45. The first-order valence-electron chi connectivity index (χ1n) is 14.2. The smallest absolute Gasteiger partial charge is 0.135 e. The summed E-state index contributed by atoms with van der Waals surface area (Å²) in [4.78, 5) is 8.96.